The van der Waals surface area contributed by atoms with Gasteiger partial charge in [-0.25, -0.2) is 0 Å². The Hall–Kier alpha value is -1.55. The molecule has 1 amide bonds. The number of aliphatic hydroxyl groups is 1. The predicted molar refractivity (Wildman–Crippen MR) is 54.8 cm³/mol. The van der Waals surface area contributed by atoms with Crippen LogP contribution >= 0.6 is 0 Å². The summed E-state index contributed by atoms with van der Waals surface area (Å²) >= 11 is 0. The summed E-state index contributed by atoms with van der Waals surface area (Å²) in [5.74, 6) is 0.0959. The van der Waals surface area contributed by atoms with Crippen LogP contribution in [0.2, 0.25) is 0 Å². The van der Waals surface area contributed by atoms with E-state index in [-0.39, 0.29) is 17.8 Å². The second-order valence-corrected chi connectivity index (χ2v) is 3.87. The largest absolute Gasteiger partial charge is 0.508 e. The number of phenolic OH excluding ortho intramolecular Hbond substituents is 1. The molecule has 1 heterocycles. The molecule has 2 rings (SSSR count). The van der Waals surface area contributed by atoms with Gasteiger partial charge < -0.3 is 15.1 Å². The van der Waals surface area contributed by atoms with E-state index in [1.54, 1.807) is 24.0 Å². The second kappa shape index (κ2) is 3.55. The summed E-state index contributed by atoms with van der Waals surface area (Å²) in [6.07, 6.45) is -0.382. The summed E-state index contributed by atoms with van der Waals surface area (Å²) in [5, 5.41) is 18.4. The van der Waals surface area contributed by atoms with Gasteiger partial charge in [0, 0.05) is 18.7 Å². The number of aryl methyl sites for hydroxylation is 1. The highest BCUT2D eigenvalue weighted by Gasteiger charge is 2.29. The number of phenols is 1. The maximum atomic E-state index is 11.8. The Balaban J connectivity index is 2.16. The predicted octanol–water partition coefficient (Wildman–Crippen LogP) is 0.517. The first kappa shape index (κ1) is 9.98. The quantitative estimate of drug-likeness (QED) is 0.705. The first-order valence-corrected chi connectivity index (χ1v) is 4.85. The molecule has 0 aromatic heterocycles. The van der Waals surface area contributed by atoms with Crippen LogP contribution in [0.5, 0.6) is 5.75 Å². The highest BCUT2D eigenvalue weighted by Crippen LogP contribution is 2.19. The van der Waals surface area contributed by atoms with E-state index in [0.29, 0.717) is 24.2 Å². The van der Waals surface area contributed by atoms with Gasteiger partial charge in [0.1, 0.15) is 5.75 Å². The summed E-state index contributed by atoms with van der Waals surface area (Å²) in [7, 11) is 0. The number of benzene rings is 1. The number of rotatable bonds is 1. The van der Waals surface area contributed by atoms with Crippen LogP contribution in [0.15, 0.2) is 18.2 Å². The number of nitrogens with zero attached hydrogens (tertiary/aromatic N) is 1. The topological polar surface area (TPSA) is 60.8 Å². The van der Waals surface area contributed by atoms with E-state index >= 15 is 0 Å². The first-order valence-electron chi connectivity index (χ1n) is 4.85. The van der Waals surface area contributed by atoms with Gasteiger partial charge in [-0.2, -0.15) is 0 Å². The van der Waals surface area contributed by atoms with Crippen molar-refractivity contribution in [1.82, 2.24) is 4.90 Å². The molecule has 1 aromatic rings. The van der Waals surface area contributed by atoms with Gasteiger partial charge in [-0.3, -0.25) is 4.79 Å². The van der Waals surface area contributed by atoms with Crippen LogP contribution in [-0.4, -0.2) is 40.2 Å². The van der Waals surface area contributed by atoms with Crippen molar-refractivity contribution >= 4 is 5.91 Å². The summed E-state index contributed by atoms with van der Waals surface area (Å²) < 4.78 is 0. The van der Waals surface area contributed by atoms with Crippen molar-refractivity contribution in [3.63, 3.8) is 0 Å². The van der Waals surface area contributed by atoms with Gasteiger partial charge in [0.05, 0.1) is 6.10 Å². The Kier molecular flexibility index (Phi) is 2.36. The van der Waals surface area contributed by atoms with Gasteiger partial charge in [0.2, 0.25) is 0 Å². The number of aliphatic hydroxyl groups excluding tert-OH is 1. The first-order chi connectivity index (χ1) is 7.08. The van der Waals surface area contributed by atoms with Crippen molar-refractivity contribution in [2.24, 2.45) is 0 Å². The Morgan fingerprint density at radius 2 is 2.13 bits per heavy atom. The van der Waals surface area contributed by atoms with E-state index in [1.807, 2.05) is 0 Å². The molecule has 2 N–H and O–H groups in total. The van der Waals surface area contributed by atoms with Gasteiger partial charge in [0.15, 0.2) is 0 Å². The Bertz CT molecular complexity index is 397. The lowest BCUT2D eigenvalue weighted by Crippen LogP contribution is -2.53. The minimum Gasteiger partial charge on any atom is -0.508 e. The summed E-state index contributed by atoms with van der Waals surface area (Å²) in [6, 6.07) is 4.76. The molecule has 0 aliphatic carbocycles. The highest BCUT2D eigenvalue weighted by atomic mass is 16.3. The standard InChI is InChI=1S/C11H13NO3/c1-7-4-8(2-3-10(7)14)11(15)12-5-9(13)6-12/h2-4,9,13-14H,5-6H2,1H3. The number of aromatic hydroxyl groups is 1. The maximum Gasteiger partial charge on any atom is 0.254 e. The number of hydrogen-bond acceptors (Lipinski definition) is 3. The van der Waals surface area contributed by atoms with Crippen molar-refractivity contribution < 1.29 is 15.0 Å². The Labute approximate surface area is 87.8 Å². The van der Waals surface area contributed by atoms with Crippen LogP contribution in [0.25, 0.3) is 0 Å². The van der Waals surface area contributed by atoms with E-state index in [9.17, 15) is 9.90 Å². The molecule has 0 saturated carbocycles. The zero-order chi connectivity index (χ0) is 11.0. The molecule has 0 atom stereocenters. The minimum atomic E-state index is -0.382. The molecule has 1 aliphatic rings. The summed E-state index contributed by atoms with van der Waals surface area (Å²) in [6.45, 7) is 2.55. The molecule has 80 valence electrons. The van der Waals surface area contributed by atoms with Crippen LogP contribution in [-0.2, 0) is 0 Å². The number of β-amino-alcohol motifs (C(OH)–C–C–N with tert-alkyl or cyclic N) is 1. The molecule has 1 fully saturated rings. The van der Waals surface area contributed by atoms with E-state index in [2.05, 4.69) is 0 Å². The molecule has 0 bridgehead atoms. The van der Waals surface area contributed by atoms with Crippen molar-refractivity contribution in [2.75, 3.05) is 13.1 Å². The third-order valence-corrected chi connectivity index (χ3v) is 2.59. The number of carbonyl (C=O) groups is 1. The van der Waals surface area contributed by atoms with Gasteiger partial charge in [-0.15, -0.1) is 0 Å². The fraction of sp³-hybridized carbons (Fsp3) is 0.364. The number of amides is 1. The molecule has 1 aliphatic heterocycles. The third kappa shape index (κ3) is 1.80. The fourth-order valence-electron chi connectivity index (χ4n) is 1.59. The van der Waals surface area contributed by atoms with E-state index in [1.165, 1.54) is 6.07 Å². The average Bonchev–Trinajstić information content (AvgIpc) is 2.16. The van der Waals surface area contributed by atoms with Crippen LogP contribution in [0.1, 0.15) is 15.9 Å². The van der Waals surface area contributed by atoms with Gasteiger partial charge in [-0.05, 0) is 30.7 Å². The normalized spacial score (nSPS) is 16.3. The van der Waals surface area contributed by atoms with Crippen LogP contribution in [0.3, 0.4) is 0 Å². The smallest absolute Gasteiger partial charge is 0.254 e. The zero-order valence-electron chi connectivity index (χ0n) is 8.47. The van der Waals surface area contributed by atoms with Crippen molar-refractivity contribution in [1.29, 1.82) is 0 Å². The lowest BCUT2D eigenvalue weighted by atomic mass is 10.1. The molecule has 1 aromatic carbocycles. The average molecular weight is 207 g/mol. The molecule has 0 spiro atoms. The zero-order valence-corrected chi connectivity index (χ0v) is 8.47. The monoisotopic (exact) mass is 207 g/mol. The molecule has 4 heteroatoms. The van der Waals surface area contributed by atoms with Crippen molar-refractivity contribution in [2.45, 2.75) is 13.0 Å². The lowest BCUT2D eigenvalue weighted by Gasteiger charge is -2.35. The number of carbonyl (C=O) groups excluding carboxylic acids is 1. The SMILES string of the molecule is Cc1cc(C(=O)N2CC(O)C2)ccc1O. The molecule has 4 nitrogen and oxygen atoms in total. The van der Waals surface area contributed by atoms with Crippen LogP contribution in [0, 0.1) is 6.92 Å². The molecular formula is C11H13NO3. The molecule has 0 radical (unpaired) electrons. The number of likely N-dealkylation sites (tertiary alicyclic amines) is 1. The van der Waals surface area contributed by atoms with E-state index in [4.69, 9.17) is 5.11 Å². The Morgan fingerprint density at radius 3 is 2.67 bits per heavy atom. The Morgan fingerprint density at radius 1 is 1.47 bits per heavy atom. The van der Waals surface area contributed by atoms with E-state index < -0.39 is 0 Å². The molecular weight excluding hydrogens is 194 g/mol. The lowest BCUT2D eigenvalue weighted by molar-refractivity contribution is 0.00589. The maximum absolute atomic E-state index is 11.8. The van der Waals surface area contributed by atoms with Crippen molar-refractivity contribution in [3.8, 4) is 5.75 Å². The van der Waals surface area contributed by atoms with E-state index in [0.717, 1.165) is 0 Å². The second-order valence-electron chi connectivity index (χ2n) is 3.87. The molecule has 0 unspecified atom stereocenters. The number of hydrogen-bond donors (Lipinski definition) is 2. The van der Waals surface area contributed by atoms with Gasteiger partial charge in [-0.1, -0.05) is 0 Å². The summed E-state index contributed by atoms with van der Waals surface area (Å²) in [4.78, 5) is 13.3. The summed E-state index contributed by atoms with van der Waals surface area (Å²) in [5.41, 5.74) is 1.24. The van der Waals surface area contributed by atoms with Gasteiger partial charge in [0.25, 0.3) is 5.91 Å². The highest BCUT2D eigenvalue weighted by molar-refractivity contribution is 5.95. The van der Waals surface area contributed by atoms with Crippen LogP contribution in [0.4, 0.5) is 0 Å². The minimum absolute atomic E-state index is 0.0941. The molecule has 15 heavy (non-hydrogen) atoms. The van der Waals surface area contributed by atoms with Crippen molar-refractivity contribution in [3.05, 3.63) is 29.3 Å². The fourth-order valence-corrected chi connectivity index (χ4v) is 1.59. The van der Waals surface area contributed by atoms with Gasteiger partial charge >= 0.3 is 0 Å². The molecule has 1 saturated heterocycles. The van der Waals surface area contributed by atoms with Crippen LogP contribution < -0.4 is 0 Å². The third-order valence-electron chi connectivity index (χ3n) is 2.59.